The Kier molecular flexibility index (Phi) is 7.21. The molecule has 1 N–H and O–H groups in total. The number of hydrogen-bond donors (Lipinski definition) is 2. The number of likely N-dealkylation sites (N-methyl/N-ethyl adjacent to an activating group) is 1. The van der Waals surface area contributed by atoms with Gasteiger partial charge in [0.2, 0.25) is 11.8 Å². The number of rotatable bonds is 6. The molecule has 0 aliphatic rings. The number of carbonyl (C=O) groups excluding carboxylic acids is 2. The highest BCUT2D eigenvalue weighted by atomic mass is 32.1. The summed E-state index contributed by atoms with van der Waals surface area (Å²) < 4.78 is 0. The van der Waals surface area contributed by atoms with Crippen LogP contribution in [0.25, 0.3) is 0 Å². The summed E-state index contributed by atoms with van der Waals surface area (Å²) in [6.07, 6.45) is 0.916. The lowest BCUT2D eigenvalue weighted by Gasteiger charge is -2.25. The normalized spacial score (nSPS) is 12.0. The van der Waals surface area contributed by atoms with Crippen LogP contribution in [0.3, 0.4) is 0 Å². The fraction of sp³-hybridized carbons (Fsp3) is 0.800. The Bertz CT molecular complexity index is 221. The van der Waals surface area contributed by atoms with Gasteiger partial charge in [0.15, 0.2) is 0 Å². The van der Waals surface area contributed by atoms with E-state index in [0.29, 0.717) is 12.3 Å². The van der Waals surface area contributed by atoms with Gasteiger partial charge in [0.05, 0.1) is 0 Å². The van der Waals surface area contributed by atoms with Gasteiger partial charge in [-0.3, -0.25) is 9.59 Å². The Morgan fingerprint density at radius 3 is 2.33 bits per heavy atom. The van der Waals surface area contributed by atoms with E-state index in [4.69, 9.17) is 0 Å². The van der Waals surface area contributed by atoms with E-state index in [0.717, 1.165) is 13.0 Å². The second kappa shape index (κ2) is 7.56. The molecular weight excluding hydrogens is 212 g/mol. The van der Waals surface area contributed by atoms with Gasteiger partial charge in [-0.05, 0) is 13.3 Å². The third-order valence-corrected chi connectivity index (χ3v) is 2.41. The van der Waals surface area contributed by atoms with Gasteiger partial charge in [0, 0.05) is 25.8 Å². The van der Waals surface area contributed by atoms with Crippen LogP contribution < -0.4 is 5.32 Å². The minimum Gasteiger partial charge on any atom is -0.344 e. The van der Waals surface area contributed by atoms with E-state index in [1.54, 1.807) is 4.90 Å². The Morgan fingerprint density at radius 1 is 1.40 bits per heavy atom. The van der Waals surface area contributed by atoms with Gasteiger partial charge in [0.25, 0.3) is 0 Å². The summed E-state index contributed by atoms with van der Waals surface area (Å²) in [5.41, 5.74) is 0. The number of amides is 2. The van der Waals surface area contributed by atoms with Crippen molar-refractivity contribution < 1.29 is 9.59 Å². The van der Waals surface area contributed by atoms with E-state index < -0.39 is 6.04 Å². The molecule has 1 unspecified atom stereocenters. The van der Waals surface area contributed by atoms with Crippen molar-refractivity contribution >= 4 is 24.4 Å². The highest BCUT2D eigenvalue weighted by Gasteiger charge is 2.22. The summed E-state index contributed by atoms with van der Waals surface area (Å²) in [5.74, 6) is 0.0815. The maximum absolute atomic E-state index is 11.9. The average molecular weight is 232 g/mol. The fourth-order valence-corrected chi connectivity index (χ4v) is 1.59. The Balaban J connectivity index is 4.39. The van der Waals surface area contributed by atoms with E-state index in [1.807, 2.05) is 13.8 Å². The van der Waals surface area contributed by atoms with Crippen molar-refractivity contribution in [2.45, 2.75) is 33.2 Å². The highest BCUT2D eigenvalue weighted by molar-refractivity contribution is 7.80. The van der Waals surface area contributed by atoms with Gasteiger partial charge >= 0.3 is 0 Å². The first-order valence-electron chi connectivity index (χ1n) is 5.23. The van der Waals surface area contributed by atoms with Crippen molar-refractivity contribution in [3.05, 3.63) is 0 Å². The van der Waals surface area contributed by atoms with Crippen LogP contribution in [0.4, 0.5) is 0 Å². The van der Waals surface area contributed by atoms with Crippen molar-refractivity contribution in [2.24, 2.45) is 0 Å². The molecule has 0 aromatic rings. The number of carbonyl (C=O) groups is 2. The van der Waals surface area contributed by atoms with Gasteiger partial charge in [-0.25, -0.2) is 0 Å². The largest absolute Gasteiger partial charge is 0.344 e. The molecule has 88 valence electrons. The van der Waals surface area contributed by atoms with E-state index in [1.165, 1.54) is 6.92 Å². The molecule has 0 heterocycles. The quantitative estimate of drug-likeness (QED) is 0.662. The van der Waals surface area contributed by atoms with Gasteiger partial charge < -0.3 is 10.2 Å². The second-order valence-electron chi connectivity index (χ2n) is 3.35. The molecule has 0 saturated carbocycles. The zero-order chi connectivity index (χ0) is 11.8. The van der Waals surface area contributed by atoms with E-state index in [-0.39, 0.29) is 11.8 Å². The summed E-state index contributed by atoms with van der Waals surface area (Å²) in [7, 11) is 0. The maximum atomic E-state index is 11.9. The van der Waals surface area contributed by atoms with Gasteiger partial charge in [-0.15, -0.1) is 0 Å². The summed E-state index contributed by atoms with van der Waals surface area (Å²) in [6.45, 7) is 6.73. The molecule has 0 aromatic carbocycles. The van der Waals surface area contributed by atoms with Crippen molar-refractivity contribution in [1.29, 1.82) is 0 Å². The van der Waals surface area contributed by atoms with E-state index >= 15 is 0 Å². The average Bonchev–Trinajstić information content (AvgIpc) is 2.21. The highest BCUT2D eigenvalue weighted by Crippen LogP contribution is 1.99. The first-order chi connectivity index (χ1) is 7.06. The lowest BCUT2D eigenvalue weighted by molar-refractivity contribution is -0.135. The summed E-state index contributed by atoms with van der Waals surface area (Å²) in [5, 5.41) is 2.60. The molecule has 0 aliphatic heterocycles. The maximum Gasteiger partial charge on any atom is 0.245 e. The zero-order valence-electron chi connectivity index (χ0n) is 9.62. The van der Waals surface area contributed by atoms with Gasteiger partial charge in [-0.2, -0.15) is 12.6 Å². The van der Waals surface area contributed by atoms with Crippen molar-refractivity contribution in [2.75, 3.05) is 18.8 Å². The molecule has 0 aliphatic carbocycles. The van der Waals surface area contributed by atoms with Crippen LogP contribution in [0.2, 0.25) is 0 Å². The third-order valence-electron chi connectivity index (χ3n) is 2.05. The molecule has 1 atom stereocenters. The van der Waals surface area contributed by atoms with Crippen molar-refractivity contribution in [3.63, 3.8) is 0 Å². The molecule has 0 radical (unpaired) electrons. The molecule has 5 heteroatoms. The summed E-state index contributed by atoms with van der Waals surface area (Å²) in [6, 6.07) is -0.502. The number of nitrogens with one attached hydrogen (secondary N) is 1. The molecule has 2 amide bonds. The van der Waals surface area contributed by atoms with Crippen LogP contribution in [-0.4, -0.2) is 41.6 Å². The predicted molar refractivity (Wildman–Crippen MR) is 64.0 cm³/mol. The second-order valence-corrected chi connectivity index (χ2v) is 3.72. The zero-order valence-corrected chi connectivity index (χ0v) is 10.5. The molecular formula is C10H20N2O2S. The van der Waals surface area contributed by atoms with Crippen molar-refractivity contribution in [1.82, 2.24) is 10.2 Å². The molecule has 0 spiro atoms. The standard InChI is InChI=1S/C10H20N2O2S/c1-4-6-12(5-2)10(14)9(7-15)11-8(3)13/h9,15H,4-7H2,1-3H3,(H,11,13). The monoisotopic (exact) mass is 232 g/mol. The molecule has 0 saturated heterocycles. The van der Waals surface area contributed by atoms with Gasteiger partial charge in [-0.1, -0.05) is 6.92 Å². The Morgan fingerprint density at radius 2 is 2.00 bits per heavy atom. The van der Waals surface area contributed by atoms with Gasteiger partial charge in [0.1, 0.15) is 6.04 Å². The van der Waals surface area contributed by atoms with Crippen LogP contribution in [0.1, 0.15) is 27.2 Å². The summed E-state index contributed by atoms with van der Waals surface area (Å²) >= 11 is 4.07. The van der Waals surface area contributed by atoms with Crippen LogP contribution in [0.5, 0.6) is 0 Å². The van der Waals surface area contributed by atoms with Crippen LogP contribution >= 0.6 is 12.6 Å². The first-order valence-corrected chi connectivity index (χ1v) is 5.86. The minimum absolute atomic E-state index is 0.0513. The van der Waals surface area contributed by atoms with E-state index in [9.17, 15) is 9.59 Å². The minimum atomic E-state index is -0.502. The lowest BCUT2D eigenvalue weighted by atomic mass is 10.2. The molecule has 0 rings (SSSR count). The lowest BCUT2D eigenvalue weighted by Crippen LogP contribution is -2.49. The molecule has 4 nitrogen and oxygen atoms in total. The Hall–Kier alpha value is -0.710. The number of nitrogens with zero attached hydrogens (tertiary/aromatic N) is 1. The number of hydrogen-bond acceptors (Lipinski definition) is 3. The molecule has 0 bridgehead atoms. The van der Waals surface area contributed by atoms with E-state index in [2.05, 4.69) is 17.9 Å². The number of thiol groups is 1. The van der Waals surface area contributed by atoms with Crippen LogP contribution in [0, 0.1) is 0 Å². The fourth-order valence-electron chi connectivity index (χ4n) is 1.35. The molecule has 15 heavy (non-hydrogen) atoms. The predicted octanol–water partition coefficient (Wildman–Crippen LogP) is 0.679. The topological polar surface area (TPSA) is 49.4 Å². The summed E-state index contributed by atoms with van der Waals surface area (Å²) in [4.78, 5) is 24.5. The van der Waals surface area contributed by atoms with Crippen LogP contribution in [0.15, 0.2) is 0 Å². The smallest absolute Gasteiger partial charge is 0.245 e. The first kappa shape index (κ1) is 14.3. The van der Waals surface area contributed by atoms with Crippen molar-refractivity contribution in [3.8, 4) is 0 Å². The molecule has 0 aromatic heterocycles. The van der Waals surface area contributed by atoms with Crippen LogP contribution in [-0.2, 0) is 9.59 Å². The SMILES string of the molecule is CCCN(CC)C(=O)C(CS)NC(C)=O. The Labute approximate surface area is 96.8 Å². The third kappa shape index (κ3) is 5.06. The molecule has 0 fully saturated rings.